The summed E-state index contributed by atoms with van der Waals surface area (Å²) in [5, 5.41) is 10.2. The summed E-state index contributed by atoms with van der Waals surface area (Å²) in [6.45, 7) is 0.136. The monoisotopic (exact) mass is 313 g/mol. The van der Waals surface area contributed by atoms with Crippen LogP contribution in [-0.2, 0) is 4.79 Å². The lowest BCUT2D eigenvalue weighted by atomic mass is 10.0. The van der Waals surface area contributed by atoms with E-state index in [1.165, 1.54) is 70.6 Å². The summed E-state index contributed by atoms with van der Waals surface area (Å²) in [5.41, 5.74) is 0. The molecule has 0 rings (SSSR count). The maximum absolute atomic E-state index is 10.2. The largest absolute Gasteiger partial charge is 0.303 e. The maximum Gasteiger partial charge on any atom is 0.203 e. The van der Waals surface area contributed by atoms with Crippen LogP contribution in [0.2, 0.25) is 0 Å². The Morgan fingerprint density at radius 3 is 1.23 bits per heavy atom. The molecule has 0 aromatic heterocycles. The number of aldehydes is 1. The third kappa shape index (κ3) is 19.1. The van der Waals surface area contributed by atoms with Gasteiger partial charge in [0.05, 0.1) is 0 Å². The zero-order chi connectivity index (χ0) is 16.3. The molecule has 0 unspecified atom stereocenters. The minimum atomic E-state index is -0.217. The van der Waals surface area contributed by atoms with Crippen molar-refractivity contribution >= 4 is 6.29 Å². The minimum absolute atomic E-state index is 0.136. The second-order valence-corrected chi connectivity index (χ2v) is 6.31. The molecule has 0 saturated carbocycles. The number of unbranched alkanes of at least 4 members (excludes halogenated alkanes) is 15. The highest BCUT2D eigenvalue weighted by atomic mass is 16.6. The van der Waals surface area contributed by atoms with Crippen LogP contribution in [0, 0.1) is 10.1 Å². The van der Waals surface area contributed by atoms with Gasteiger partial charge in [-0.2, -0.15) is 0 Å². The fourth-order valence-electron chi connectivity index (χ4n) is 2.77. The van der Waals surface area contributed by atoms with E-state index >= 15 is 0 Å². The van der Waals surface area contributed by atoms with E-state index < -0.39 is 0 Å². The zero-order valence-corrected chi connectivity index (χ0v) is 14.3. The van der Waals surface area contributed by atoms with E-state index in [1.807, 2.05) is 0 Å². The smallest absolute Gasteiger partial charge is 0.203 e. The maximum atomic E-state index is 10.2. The molecule has 0 spiro atoms. The van der Waals surface area contributed by atoms with Crippen molar-refractivity contribution in [3.8, 4) is 0 Å². The van der Waals surface area contributed by atoms with Crippen LogP contribution >= 0.6 is 0 Å². The fraction of sp³-hybridized carbons (Fsp3) is 0.944. The van der Waals surface area contributed by atoms with Gasteiger partial charge in [-0.3, -0.25) is 10.1 Å². The Hall–Kier alpha value is -0.930. The number of hydrogen-bond acceptors (Lipinski definition) is 3. The Bertz CT molecular complexity index is 257. The molecule has 0 saturated heterocycles. The molecule has 4 nitrogen and oxygen atoms in total. The summed E-state index contributed by atoms with van der Waals surface area (Å²) in [5.74, 6) is 0. The highest BCUT2D eigenvalue weighted by Crippen LogP contribution is 2.13. The Balaban J connectivity index is 2.97. The first-order valence-corrected chi connectivity index (χ1v) is 9.33. The number of rotatable bonds is 18. The van der Waals surface area contributed by atoms with Crippen LogP contribution in [0.5, 0.6) is 0 Å². The fourth-order valence-corrected chi connectivity index (χ4v) is 2.77. The Kier molecular flexibility index (Phi) is 17.4. The molecule has 0 aliphatic rings. The Morgan fingerprint density at radius 1 is 0.591 bits per heavy atom. The molecular weight excluding hydrogens is 278 g/mol. The van der Waals surface area contributed by atoms with Crippen LogP contribution < -0.4 is 0 Å². The third-order valence-corrected chi connectivity index (χ3v) is 4.16. The van der Waals surface area contributed by atoms with Gasteiger partial charge in [-0.15, -0.1) is 0 Å². The van der Waals surface area contributed by atoms with E-state index in [1.54, 1.807) is 0 Å². The van der Waals surface area contributed by atoms with Crippen molar-refractivity contribution < 1.29 is 9.72 Å². The standard InChI is InChI=1S/C18H35NO3/c20-18-16-14-12-10-8-6-4-2-1-3-5-7-9-11-13-15-17-19(21)22/h18H,1-17H2. The molecule has 0 radical (unpaired) electrons. The van der Waals surface area contributed by atoms with E-state index in [0.29, 0.717) is 0 Å². The van der Waals surface area contributed by atoms with Gasteiger partial charge in [0.1, 0.15) is 6.29 Å². The molecule has 0 amide bonds. The topological polar surface area (TPSA) is 60.2 Å². The first-order chi connectivity index (χ1) is 10.8. The predicted molar refractivity (Wildman–Crippen MR) is 91.8 cm³/mol. The molecule has 0 aliphatic heterocycles. The molecule has 0 N–H and O–H groups in total. The lowest BCUT2D eigenvalue weighted by Crippen LogP contribution is -1.99. The predicted octanol–water partition coefficient (Wildman–Crippen LogP) is 5.70. The summed E-state index contributed by atoms with van der Waals surface area (Å²) in [6.07, 6.45) is 20.1. The minimum Gasteiger partial charge on any atom is -0.303 e. The Labute approximate surface area is 136 Å². The van der Waals surface area contributed by atoms with Crippen LogP contribution in [0.3, 0.4) is 0 Å². The van der Waals surface area contributed by atoms with Crippen molar-refractivity contribution in [3.63, 3.8) is 0 Å². The highest BCUT2D eigenvalue weighted by Gasteiger charge is 1.97. The number of carbonyl (C=O) groups excluding carboxylic acids is 1. The summed E-state index contributed by atoms with van der Waals surface area (Å²) in [4.78, 5) is 20.1. The van der Waals surface area contributed by atoms with Crippen molar-refractivity contribution in [2.24, 2.45) is 0 Å². The van der Waals surface area contributed by atoms with E-state index in [-0.39, 0.29) is 11.5 Å². The van der Waals surface area contributed by atoms with Crippen LogP contribution in [0.1, 0.15) is 103 Å². The molecule has 0 aliphatic carbocycles. The summed E-state index contributed by atoms with van der Waals surface area (Å²) >= 11 is 0. The molecule has 0 atom stereocenters. The molecule has 0 fully saturated rings. The molecule has 4 heteroatoms. The molecule has 22 heavy (non-hydrogen) atoms. The van der Waals surface area contributed by atoms with Crippen LogP contribution in [0.25, 0.3) is 0 Å². The molecule has 0 bridgehead atoms. The normalized spacial score (nSPS) is 10.7. The average Bonchev–Trinajstić information content (AvgIpc) is 2.50. The van der Waals surface area contributed by atoms with Gasteiger partial charge in [0.15, 0.2) is 0 Å². The lowest BCUT2D eigenvalue weighted by Gasteiger charge is -2.03. The van der Waals surface area contributed by atoms with Crippen molar-refractivity contribution in [2.45, 2.75) is 103 Å². The van der Waals surface area contributed by atoms with E-state index in [9.17, 15) is 14.9 Å². The van der Waals surface area contributed by atoms with Crippen molar-refractivity contribution in [1.82, 2.24) is 0 Å². The third-order valence-electron chi connectivity index (χ3n) is 4.16. The highest BCUT2D eigenvalue weighted by molar-refractivity contribution is 5.48. The van der Waals surface area contributed by atoms with Gasteiger partial charge in [0, 0.05) is 17.8 Å². The van der Waals surface area contributed by atoms with E-state index in [0.717, 1.165) is 38.4 Å². The summed E-state index contributed by atoms with van der Waals surface area (Å²) < 4.78 is 0. The van der Waals surface area contributed by atoms with Gasteiger partial charge in [-0.05, 0) is 12.8 Å². The van der Waals surface area contributed by atoms with Gasteiger partial charge in [0.2, 0.25) is 6.54 Å². The zero-order valence-electron chi connectivity index (χ0n) is 14.3. The van der Waals surface area contributed by atoms with Gasteiger partial charge < -0.3 is 4.79 Å². The number of hydrogen-bond donors (Lipinski definition) is 0. The van der Waals surface area contributed by atoms with Crippen LogP contribution in [0.4, 0.5) is 0 Å². The van der Waals surface area contributed by atoms with Crippen molar-refractivity contribution in [2.75, 3.05) is 6.54 Å². The Morgan fingerprint density at radius 2 is 0.909 bits per heavy atom. The number of carbonyl (C=O) groups is 1. The second kappa shape index (κ2) is 18.1. The first kappa shape index (κ1) is 21.1. The summed E-state index contributed by atoms with van der Waals surface area (Å²) in [7, 11) is 0. The molecule has 130 valence electrons. The summed E-state index contributed by atoms with van der Waals surface area (Å²) in [6, 6.07) is 0. The first-order valence-electron chi connectivity index (χ1n) is 9.33. The van der Waals surface area contributed by atoms with Gasteiger partial charge in [-0.25, -0.2) is 0 Å². The quantitative estimate of drug-likeness (QED) is 0.141. The van der Waals surface area contributed by atoms with Crippen molar-refractivity contribution in [1.29, 1.82) is 0 Å². The van der Waals surface area contributed by atoms with E-state index in [4.69, 9.17) is 0 Å². The molecule has 0 aromatic carbocycles. The second-order valence-electron chi connectivity index (χ2n) is 6.31. The number of nitrogens with zero attached hydrogens (tertiary/aromatic N) is 1. The lowest BCUT2D eigenvalue weighted by molar-refractivity contribution is -0.480. The number of nitro groups is 1. The molecule has 0 heterocycles. The molecular formula is C18H35NO3. The van der Waals surface area contributed by atoms with Crippen LogP contribution in [0.15, 0.2) is 0 Å². The van der Waals surface area contributed by atoms with Gasteiger partial charge in [-0.1, -0.05) is 77.0 Å². The van der Waals surface area contributed by atoms with Crippen LogP contribution in [-0.4, -0.2) is 17.8 Å². The van der Waals surface area contributed by atoms with Gasteiger partial charge >= 0.3 is 0 Å². The van der Waals surface area contributed by atoms with E-state index in [2.05, 4.69) is 0 Å². The average molecular weight is 313 g/mol. The SMILES string of the molecule is O=CCCCCCCCCCCCCCCCCC[N+](=O)[O-]. The van der Waals surface area contributed by atoms with Gasteiger partial charge in [0.25, 0.3) is 0 Å². The molecule has 0 aromatic rings. The van der Waals surface area contributed by atoms with Crippen molar-refractivity contribution in [3.05, 3.63) is 10.1 Å².